The van der Waals surface area contributed by atoms with Crippen LogP contribution in [0, 0.1) is 11.3 Å². The van der Waals surface area contributed by atoms with Crippen molar-refractivity contribution in [2.45, 2.75) is 0 Å². The van der Waals surface area contributed by atoms with Crippen molar-refractivity contribution in [1.29, 1.82) is 5.26 Å². The van der Waals surface area contributed by atoms with Gasteiger partial charge in [0.05, 0.1) is 21.4 Å². The van der Waals surface area contributed by atoms with E-state index in [9.17, 15) is 0 Å². The highest BCUT2D eigenvalue weighted by Crippen LogP contribution is 2.30. The molecular weight excluding hydrogens is 245 g/mol. The largest absolute Gasteiger partial charge is 0.397 e. The zero-order valence-electron chi connectivity index (χ0n) is 8.11. The molecule has 0 aliphatic rings. The van der Waals surface area contributed by atoms with Crippen LogP contribution in [0.25, 0.3) is 5.69 Å². The molecule has 0 bridgehead atoms. The second-order valence-electron chi connectivity index (χ2n) is 3.20. The molecule has 0 saturated carbocycles. The monoisotopic (exact) mass is 251 g/mol. The van der Waals surface area contributed by atoms with E-state index >= 15 is 0 Å². The average molecular weight is 252 g/mol. The number of benzene rings is 1. The van der Waals surface area contributed by atoms with Gasteiger partial charge in [-0.2, -0.15) is 5.26 Å². The first-order chi connectivity index (χ1) is 7.63. The summed E-state index contributed by atoms with van der Waals surface area (Å²) in [5.41, 5.74) is 7.45. The summed E-state index contributed by atoms with van der Waals surface area (Å²) in [6.45, 7) is 0. The van der Waals surface area contributed by atoms with Gasteiger partial charge >= 0.3 is 0 Å². The number of hydrogen-bond donors (Lipinski definition) is 1. The van der Waals surface area contributed by atoms with E-state index < -0.39 is 0 Å². The van der Waals surface area contributed by atoms with Crippen molar-refractivity contribution in [3.05, 3.63) is 46.2 Å². The van der Waals surface area contributed by atoms with E-state index in [0.29, 0.717) is 27.1 Å². The number of hydrogen-bond acceptors (Lipinski definition) is 2. The zero-order valence-corrected chi connectivity index (χ0v) is 9.63. The quantitative estimate of drug-likeness (QED) is 0.792. The molecule has 80 valence electrons. The Morgan fingerprint density at radius 3 is 2.62 bits per heavy atom. The van der Waals surface area contributed by atoms with Crippen LogP contribution in [0.5, 0.6) is 0 Å². The molecule has 16 heavy (non-hydrogen) atoms. The van der Waals surface area contributed by atoms with Gasteiger partial charge in [-0.25, -0.2) is 0 Å². The second kappa shape index (κ2) is 4.09. The van der Waals surface area contributed by atoms with Crippen molar-refractivity contribution in [3.63, 3.8) is 0 Å². The third-order valence-electron chi connectivity index (χ3n) is 2.19. The fourth-order valence-electron chi connectivity index (χ4n) is 1.44. The molecule has 0 aliphatic carbocycles. The molecule has 0 fully saturated rings. The van der Waals surface area contributed by atoms with Crippen LogP contribution >= 0.6 is 23.2 Å². The van der Waals surface area contributed by atoms with Crippen molar-refractivity contribution in [1.82, 2.24) is 4.57 Å². The van der Waals surface area contributed by atoms with Gasteiger partial charge in [-0.3, -0.25) is 0 Å². The van der Waals surface area contributed by atoms with Gasteiger partial charge in [0.15, 0.2) is 0 Å². The van der Waals surface area contributed by atoms with E-state index in [1.165, 1.54) is 0 Å². The molecule has 0 saturated heterocycles. The zero-order chi connectivity index (χ0) is 11.7. The maximum Gasteiger partial charge on any atom is 0.124 e. The molecular formula is C11H7Cl2N3. The van der Waals surface area contributed by atoms with Crippen molar-refractivity contribution in [2.24, 2.45) is 0 Å². The van der Waals surface area contributed by atoms with E-state index in [1.54, 1.807) is 35.0 Å². The van der Waals surface area contributed by atoms with Crippen molar-refractivity contribution >= 4 is 28.9 Å². The number of halogens is 2. The predicted octanol–water partition coefficient (Wildman–Crippen LogP) is 3.24. The first-order valence-electron chi connectivity index (χ1n) is 4.46. The Morgan fingerprint density at radius 1 is 1.25 bits per heavy atom. The Labute approximate surface area is 103 Å². The van der Waals surface area contributed by atoms with Gasteiger partial charge in [-0.15, -0.1) is 0 Å². The van der Waals surface area contributed by atoms with E-state index in [-0.39, 0.29) is 0 Å². The maximum atomic E-state index is 8.91. The molecule has 2 N–H and O–H groups in total. The lowest BCUT2D eigenvalue weighted by atomic mass is 10.2. The third kappa shape index (κ3) is 1.73. The molecule has 1 aromatic heterocycles. The molecule has 0 unspecified atom stereocenters. The van der Waals surface area contributed by atoms with Crippen LogP contribution < -0.4 is 5.73 Å². The Balaban J connectivity index is 2.66. The highest BCUT2D eigenvalue weighted by molar-refractivity contribution is 6.42. The minimum absolute atomic E-state index is 0.397. The molecule has 1 heterocycles. The van der Waals surface area contributed by atoms with Gasteiger partial charge in [-0.1, -0.05) is 23.2 Å². The fraction of sp³-hybridized carbons (Fsp3) is 0. The van der Waals surface area contributed by atoms with E-state index in [4.69, 9.17) is 34.2 Å². The van der Waals surface area contributed by atoms with Crippen LogP contribution in [0.3, 0.4) is 0 Å². The highest BCUT2D eigenvalue weighted by Gasteiger charge is 2.09. The van der Waals surface area contributed by atoms with Gasteiger partial charge in [-0.05, 0) is 24.3 Å². The first-order valence-corrected chi connectivity index (χ1v) is 5.21. The first kappa shape index (κ1) is 10.9. The summed E-state index contributed by atoms with van der Waals surface area (Å²) >= 11 is 11.7. The number of aromatic nitrogens is 1. The molecule has 0 radical (unpaired) electrons. The highest BCUT2D eigenvalue weighted by atomic mass is 35.5. The normalized spacial score (nSPS) is 10.1. The summed E-state index contributed by atoms with van der Waals surface area (Å²) < 4.78 is 1.66. The smallest absolute Gasteiger partial charge is 0.124 e. The third-order valence-corrected chi connectivity index (χ3v) is 2.91. The Bertz CT molecular complexity index is 581. The number of nitrogens with zero attached hydrogens (tertiary/aromatic N) is 2. The van der Waals surface area contributed by atoms with Crippen LogP contribution in [-0.2, 0) is 0 Å². The number of nitrogen functional groups attached to an aromatic ring is 1. The lowest BCUT2D eigenvalue weighted by Gasteiger charge is -2.09. The summed E-state index contributed by atoms with van der Waals surface area (Å²) in [7, 11) is 0. The second-order valence-corrected chi connectivity index (χ2v) is 4.01. The van der Waals surface area contributed by atoms with Crippen molar-refractivity contribution < 1.29 is 0 Å². The van der Waals surface area contributed by atoms with Crippen molar-refractivity contribution in [2.75, 3.05) is 5.73 Å². The summed E-state index contributed by atoms with van der Waals surface area (Å²) in [6, 6.07) is 8.74. The predicted molar refractivity (Wildman–Crippen MR) is 64.9 cm³/mol. The summed E-state index contributed by atoms with van der Waals surface area (Å²) in [5, 5.41) is 9.72. The molecule has 0 spiro atoms. The number of nitriles is 1. The van der Waals surface area contributed by atoms with Crippen molar-refractivity contribution in [3.8, 4) is 11.8 Å². The fourth-order valence-corrected chi connectivity index (χ4v) is 1.77. The van der Waals surface area contributed by atoms with Crippen LogP contribution in [-0.4, -0.2) is 4.57 Å². The SMILES string of the molecule is N#Cc1cccn1-c1cc(Cl)c(Cl)cc1N. The number of anilines is 1. The van der Waals surface area contributed by atoms with Gasteiger partial charge in [0.25, 0.3) is 0 Å². The lowest BCUT2D eigenvalue weighted by Crippen LogP contribution is -2.00. The minimum Gasteiger partial charge on any atom is -0.397 e. The van der Waals surface area contributed by atoms with Gasteiger partial charge in [0.2, 0.25) is 0 Å². The standard InChI is InChI=1S/C11H7Cl2N3/c12-8-4-10(15)11(5-9(8)13)16-3-1-2-7(16)6-14/h1-5H,15H2. The summed E-state index contributed by atoms with van der Waals surface area (Å²) in [6.07, 6.45) is 1.74. The topological polar surface area (TPSA) is 54.7 Å². The number of nitrogens with two attached hydrogens (primary N) is 1. The Morgan fingerprint density at radius 2 is 1.94 bits per heavy atom. The van der Waals surface area contributed by atoms with Gasteiger partial charge in [0.1, 0.15) is 11.8 Å². The van der Waals surface area contributed by atoms with Crippen LogP contribution in [0.15, 0.2) is 30.5 Å². The van der Waals surface area contributed by atoms with E-state index in [0.717, 1.165) is 0 Å². The lowest BCUT2D eigenvalue weighted by molar-refractivity contribution is 1.06. The van der Waals surface area contributed by atoms with Gasteiger partial charge in [0, 0.05) is 6.20 Å². The summed E-state index contributed by atoms with van der Waals surface area (Å²) in [5.74, 6) is 0. The molecule has 0 aliphatic heterocycles. The molecule has 2 aromatic rings. The molecule has 1 aromatic carbocycles. The molecule has 2 rings (SSSR count). The maximum absolute atomic E-state index is 8.91. The average Bonchev–Trinajstić information content (AvgIpc) is 2.71. The van der Waals surface area contributed by atoms with Crippen LogP contribution in [0.2, 0.25) is 10.0 Å². The molecule has 3 nitrogen and oxygen atoms in total. The van der Waals surface area contributed by atoms with Crippen LogP contribution in [0.4, 0.5) is 5.69 Å². The minimum atomic E-state index is 0.397. The Kier molecular flexibility index (Phi) is 2.78. The van der Waals surface area contributed by atoms with Gasteiger partial charge < -0.3 is 10.3 Å². The van der Waals surface area contributed by atoms with E-state index in [1.807, 2.05) is 0 Å². The van der Waals surface area contributed by atoms with E-state index in [2.05, 4.69) is 6.07 Å². The molecule has 0 amide bonds. The number of rotatable bonds is 1. The summed E-state index contributed by atoms with van der Waals surface area (Å²) in [4.78, 5) is 0. The Hall–Kier alpha value is -1.63. The van der Waals surface area contributed by atoms with Crippen LogP contribution in [0.1, 0.15) is 5.69 Å². The molecule has 0 atom stereocenters. The molecule has 5 heteroatoms.